The molecule has 0 aliphatic heterocycles. The van der Waals surface area contributed by atoms with Gasteiger partial charge in [-0.05, 0) is 44.4 Å². The van der Waals surface area contributed by atoms with Crippen molar-refractivity contribution in [3.05, 3.63) is 54.1 Å². The molecule has 0 radical (unpaired) electrons. The van der Waals surface area contributed by atoms with Gasteiger partial charge in [0.1, 0.15) is 24.0 Å². The van der Waals surface area contributed by atoms with Crippen LogP contribution in [0.2, 0.25) is 0 Å². The van der Waals surface area contributed by atoms with Crippen molar-refractivity contribution in [2.45, 2.75) is 51.6 Å². The summed E-state index contributed by atoms with van der Waals surface area (Å²) >= 11 is 0. The van der Waals surface area contributed by atoms with E-state index in [2.05, 4.69) is 15.0 Å². The number of nitrogens with zero attached hydrogens (tertiary/aromatic N) is 3. The number of benzene rings is 1. The Kier molecular flexibility index (Phi) is 10.6. The highest BCUT2D eigenvalue weighted by Gasteiger charge is 2.38. The Hall–Kier alpha value is -2.86. The highest BCUT2D eigenvalue weighted by atomic mass is 32.2. The zero-order valence-electron chi connectivity index (χ0n) is 21.8. The van der Waals surface area contributed by atoms with Gasteiger partial charge in [-0.3, -0.25) is 9.78 Å². The molecule has 2 aromatic heterocycles. The van der Waals surface area contributed by atoms with Crippen LogP contribution in [-0.4, -0.2) is 72.7 Å². The topological polar surface area (TPSA) is 124 Å². The van der Waals surface area contributed by atoms with Gasteiger partial charge in [0.05, 0.1) is 42.5 Å². The van der Waals surface area contributed by atoms with E-state index in [1.54, 1.807) is 30.5 Å². The number of esters is 1. The predicted octanol–water partition coefficient (Wildman–Crippen LogP) is 3.47. The minimum Gasteiger partial charge on any atom is -0.462 e. The van der Waals surface area contributed by atoms with Crippen molar-refractivity contribution in [3.8, 4) is 0 Å². The number of aryl methyl sites for hydroxylation is 1. The first-order valence-electron chi connectivity index (χ1n) is 12.4. The number of ether oxygens (including phenoxy) is 3. The molecule has 0 amide bonds. The maximum Gasteiger partial charge on any atom is 0.324 e. The third-order valence-corrected chi connectivity index (χ3v) is 7.48. The summed E-state index contributed by atoms with van der Waals surface area (Å²) in [5.74, 6) is 0.0704. The highest BCUT2D eigenvalue weighted by molar-refractivity contribution is 7.89. The average molecular weight is 533 g/mol. The van der Waals surface area contributed by atoms with Gasteiger partial charge in [0.15, 0.2) is 0 Å². The summed E-state index contributed by atoms with van der Waals surface area (Å²) in [6.07, 6.45) is 1.86. The molecule has 11 heteroatoms. The molecule has 0 saturated heterocycles. The summed E-state index contributed by atoms with van der Waals surface area (Å²) in [7, 11) is -4.09. The van der Waals surface area contributed by atoms with Gasteiger partial charge in [-0.2, -0.15) is 4.31 Å². The quantitative estimate of drug-likeness (QED) is 0.233. The molecular weight excluding hydrogens is 496 g/mol. The lowest BCUT2D eigenvalue weighted by Gasteiger charge is -2.30. The number of hydrogen-bond acceptors (Lipinski definition) is 8. The fraction of sp³-hybridized carbons (Fsp3) is 0.500. The Labute approximate surface area is 218 Å². The predicted molar refractivity (Wildman–Crippen MR) is 139 cm³/mol. The molecule has 1 N–H and O–H groups in total. The van der Waals surface area contributed by atoms with E-state index in [4.69, 9.17) is 14.2 Å². The first-order valence-corrected chi connectivity index (χ1v) is 13.9. The second kappa shape index (κ2) is 13.6. The number of pyridine rings is 1. The zero-order chi connectivity index (χ0) is 26.8. The smallest absolute Gasteiger partial charge is 0.324 e. The van der Waals surface area contributed by atoms with Crippen LogP contribution in [0.25, 0.3) is 11.0 Å². The van der Waals surface area contributed by atoms with Crippen LogP contribution in [0.5, 0.6) is 0 Å². The van der Waals surface area contributed by atoms with E-state index >= 15 is 0 Å². The highest BCUT2D eigenvalue weighted by Crippen LogP contribution is 2.26. The molecule has 1 atom stereocenters. The molecule has 10 nitrogen and oxygen atoms in total. The standard InChI is InChI=1S/C26H36N4O6S/c1-5-34-13-14-35-15-16-36-26(31)24(17-19(2)3)30(37(32,33)21-9-7-6-8-10-21)18-23-25-22(11-12-27-23)28-20(4)29-25/h6-12,19,24H,5,13-18H2,1-4H3,(H,28,29)/t24-/m0/s1. The van der Waals surface area contributed by atoms with Crippen molar-refractivity contribution in [2.75, 3.05) is 33.0 Å². The third-order valence-electron chi connectivity index (χ3n) is 5.61. The number of aromatic amines is 1. The number of carbonyl (C=O) groups is 1. The second-order valence-corrected chi connectivity index (χ2v) is 10.9. The lowest BCUT2D eigenvalue weighted by Crippen LogP contribution is -2.46. The first-order chi connectivity index (χ1) is 17.7. The van der Waals surface area contributed by atoms with Gasteiger partial charge in [0.25, 0.3) is 0 Å². The van der Waals surface area contributed by atoms with Crippen LogP contribution in [0.3, 0.4) is 0 Å². The number of aromatic nitrogens is 3. The summed E-state index contributed by atoms with van der Waals surface area (Å²) in [5.41, 5.74) is 1.75. The normalized spacial score (nSPS) is 12.9. The molecule has 3 aromatic rings. The van der Waals surface area contributed by atoms with Crippen LogP contribution < -0.4 is 0 Å². The molecule has 0 aliphatic carbocycles. The number of nitrogens with one attached hydrogen (secondary N) is 1. The van der Waals surface area contributed by atoms with E-state index in [0.29, 0.717) is 36.9 Å². The van der Waals surface area contributed by atoms with E-state index in [1.807, 2.05) is 27.7 Å². The van der Waals surface area contributed by atoms with E-state index in [1.165, 1.54) is 16.4 Å². The summed E-state index contributed by atoms with van der Waals surface area (Å²) < 4.78 is 45.2. The fourth-order valence-corrected chi connectivity index (χ4v) is 5.48. The largest absolute Gasteiger partial charge is 0.462 e. The molecule has 1 aromatic carbocycles. The molecule has 0 unspecified atom stereocenters. The molecule has 0 fully saturated rings. The zero-order valence-corrected chi connectivity index (χ0v) is 22.7. The molecule has 202 valence electrons. The summed E-state index contributed by atoms with van der Waals surface area (Å²) in [6.45, 7) is 9.06. The number of hydrogen-bond donors (Lipinski definition) is 1. The van der Waals surface area contributed by atoms with E-state index < -0.39 is 22.0 Å². The average Bonchev–Trinajstić information content (AvgIpc) is 3.26. The monoisotopic (exact) mass is 532 g/mol. The van der Waals surface area contributed by atoms with Crippen molar-refractivity contribution >= 4 is 27.0 Å². The summed E-state index contributed by atoms with van der Waals surface area (Å²) in [6, 6.07) is 8.78. The third kappa shape index (κ3) is 7.81. The Balaban J connectivity index is 1.91. The molecule has 0 aliphatic rings. The van der Waals surface area contributed by atoms with Gasteiger partial charge in [0, 0.05) is 12.8 Å². The van der Waals surface area contributed by atoms with Crippen molar-refractivity contribution in [3.63, 3.8) is 0 Å². The number of H-pyrrole nitrogens is 1. The number of imidazole rings is 1. The minimum absolute atomic E-state index is 0.00513. The van der Waals surface area contributed by atoms with Crippen LogP contribution in [0.15, 0.2) is 47.5 Å². The van der Waals surface area contributed by atoms with Gasteiger partial charge < -0.3 is 19.2 Å². The van der Waals surface area contributed by atoms with Crippen molar-refractivity contribution < 1.29 is 27.4 Å². The van der Waals surface area contributed by atoms with Crippen molar-refractivity contribution in [1.82, 2.24) is 19.3 Å². The van der Waals surface area contributed by atoms with Gasteiger partial charge in [0.2, 0.25) is 10.0 Å². The van der Waals surface area contributed by atoms with Crippen LogP contribution in [0.1, 0.15) is 38.7 Å². The number of sulfonamides is 1. The first kappa shape index (κ1) is 28.7. The SMILES string of the molecule is CCOCCOCCOC(=O)[C@H](CC(C)C)N(Cc1nccc2[nH]c(C)nc12)S(=O)(=O)c1ccccc1. The maximum absolute atomic E-state index is 13.9. The van der Waals surface area contributed by atoms with Crippen LogP contribution in [0, 0.1) is 12.8 Å². The van der Waals surface area contributed by atoms with Crippen LogP contribution in [0.4, 0.5) is 0 Å². The molecule has 0 saturated carbocycles. The van der Waals surface area contributed by atoms with Crippen LogP contribution in [-0.2, 0) is 35.6 Å². The van der Waals surface area contributed by atoms with Gasteiger partial charge >= 0.3 is 5.97 Å². The molecule has 37 heavy (non-hydrogen) atoms. The molecule has 3 rings (SSSR count). The summed E-state index contributed by atoms with van der Waals surface area (Å²) in [4.78, 5) is 25.5. The van der Waals surface area contributed by atoms with Gasteiger partial charge in [-0.1, -0.05) is 32.0 Å². The fourth-order valence-electron chi connectivity index (χ4n) is 3.91. The van der Waals surface area contributed by atoms with Crippen molar-refractivity contribution in [1.29, 1.82) is 0 Å². The Morgan fingerprint density at radius 2 is 1.76 bits per heavy atom. The lowest BCUT2D eigenvalue weighted by atomic mass is 10.0. The minimum atomic E-state index is -4.09. The van der Waals surface area contributed by atoms with E-state index in [9.17, 15) is 13.2 Å². The molecular formula is C26H36N4O6S. The summed E-state index contributed by atoms with van der Waals surface area (Å²) in [5, 5.41) is 0. The second-order valence-electron chi connectivity index (χ2n) is 8.96. The Morgan fingerprint density at radius 1 is 1.05 bits per heavy atom. The molecule has 2 heterocycles. The van der Waals surface area contributed by atoms with Crippen molar-refractivity contribution in [2.24, 2.45) is 5.92 Å². The van der Waals surface area contributed by atoms with Gasteiger partial charge in [-0.15, -0.1) is 0 Å². The van der Waals surface area contributed by atoms with E-state index in [-0.39, 0.29) is 37.0 Å². The lowest BCUT2D eigenvalue weighted by molar-refractivity contribution is -0.150. The number of rotatable bonds is 15. The molecule has 0 spiro atoms. The Morgan fingerprint density at radius 3 is 2.46 bits per heavy atom. The maximum atomic E-state index is 13.9. The van der Waals surface area contributed by atoms with E-state index in [0.717, 1.165) is 5.52 Å². The Bertz CT molecular complexity index is 1250. The van der Waals surface area contributed by atoms with Gasteiger partial charge in [-0.25, -0.2) is 13.4 Å². The molecule has 0 bridgehead atoms. The number of fused-ring (bicyclic) bond motifs is 1. The number of carbonyl (C=O) groups excluding carboxylic acids is 1. The van der Waals surface area contributed by atoms with Crippen LogP contribution >= 0.6 is 0 Å².